The van der Waals surface area contributed by atoms with E-state index in [2.05, 4.69) is 25.3 Å². The molecule has 0 atom stereocenters. The lowest BCUT2D eigenvalue weighted by molar-refractivity contribution is 0.0611. The lowest BCUT2D eigenvalue weighted by Crippen LogP contribution is -2.35. The molecule has 1 aliphatic rings. The molecule has 0 unspecified atom stereocenters. The number of rotatable bonds is 5. The van der Waals surface area contributed by atoms with Gasteiger partial charge in [-0.1, -0.05) is 20.8 Å². The Morgan fingerprint density at radius 2 is 1.82 bits per heavy atom. The molecule has 28 heavy (non-hydrogen) atoms. The highest BCUT2D eigenvalue weighted by atomic mass is 32.2. The number of imidazole rings is 1. The van der Waals surface area contributed by atoms with Gasteiger partial charge in [0, 0.05) is 25.2 Å². The maximum Gasteiger partial charge on any atom is 0.185 e. The summed E-state index contributed by atoms with van der Waals surface area (Å²) in [5.74, 6) is 1.49. The molecule has 1 aromatic carbocycles. The van der Waals surface area contributed by atoms with E-state index >= 15 is 0 Å². The first-order valence-corrected chi connectivity index (χ1v) is 11.4. The Labute approximate surface area is 167 Å². The molecular weight excluding hydrogens is 376 g/mol. The molecule has 1 aromatic heterocycles. The van der Waals surface area contributed by atoms with Gasteiger partial charge in [-0.05, 0) is 50.8 Å². The Morgan fingerprint density at radius 3 is 2.39 bits per heavy atom. The fourth-order valence-electron chi connectivity index (χ4n) is 3.63. The minimum atomic E-state index is -3.66. The van der Waals surface area contributed by atoms with Crippen LogP contribution in [0.25, 0.3) is 11.0 Å². The first kappa shape index (κ1) is 21.3. The summed E-state index contributed by atoms with van der Waals surface area (Å²) in [5, 5.41) is 9.53. The summed E-state index contributed by atoms with van der Waals surface area (Å²) in [7, 11) is -3.66. The summed E-state index contributed by atoms with van der Waals surface area (Å²) in [6.45, 7) is 11.5. The van der Waals surface area contributed by atoms with Crippen LogP contribution in [0.4, 0.5) is 0 Å². The van der Waals surface area contributed by atoms with Crippen molar-refractivity contribution in [2.24, 2.45) is 5.92 Å². The van der Waals surface area contributed by atoms with E-state index in [4.69, 9.17) is 9.72 Å². The molecule has 1 fully saturated rings. The third-order valence-electron chi connectivity index (χ3n) is 5.59. The summed E-state index contributed by atoms with van der Waals surface area (Å²) in [6, 6.07) is 5.15. The van der Waals surface area contributed by atoms with Crippen molar-refractivity contribution in [3.63, 3.8) is 0 Å². The fourth-order valence-corrected chi connectivity index (χ4v) is 4.95. The number of benzene rings is 1. The normalized spacial score (nSPS) is 17.4. The lowest BCUT2D eigenvalue weighted by Gasteiger charge is -2.26. The van der Waals surface area contributed by atoms with E-state index < -0.39 is 21.2 Å². The number of sulfone groups is 1. The average molecular weight is 409 g/mol. The van der Waals surface area contributed by atoms with Gasteiger partial charge < -0.3 is 14.4 Å². The predicted octanol–water partition coefficient (Wildman–Crippen LogP) is 3.31. The zero-order chi connectivity index (χ0) is 20.7. The van der Waals surface area contributed by atoms with Crippen molar-refractivity contribution in [3.05, 3.63) is 24.0 Å². The SMILES string of the molecule is CC(C)(C)c1nc2cc(S(=O)(=O)C(C)(C)CO)ccc2n1CC1CCOCC1. The van der Waals surface area contributed by atoms with Gasteiger partial charge in [0.25, 0.3) is 0 Å². The van der Waals surface area contributed by atoms with Gasteiger partial charge in [-0.2, -0.15) is 0 Å². The molecular formula is C21H32N2O4S. The highest BCUT2D eigenvalue weighted by molar-refractivity contribution is 7.92. The van der Waals surface area contributed by atoms with Gasteiger partial charge in [0.2, 0.25) is 0 Å². The molecule has 2 heterocycles. The molecule has 0 amide bonds. The summed E-state index contributed by atoms with van der Waals surface area (Å²) in [4.78, 5) is 5.04. The van der Waals surface area contributed by atoms with Crippen LogP contribution in [0.15, 0.2) is 23.1 Å². The Balaban J connectivity index is 2.10. The van der Waals surface area contributed by atoms with Crippen LogP contribution in [-0.2, 0) is 26.5 Å². The van der Waals surface area contributed by atoms with Crippen LogP contribution < -0.4 is 0 Å². The zero-order valence-electron chi connectivity index (χ0n) is 17.5. The second-order valence-electron chi connectivity index (χ2n) is 9.42. The molecule has 7 heteroatoms. The number of aliphatic hydroxyl groups is 1. The third kappa shape index (κ3) is 3.84. The highest BCUT2D eigenvalue weighted by Gasteiger charge is 2.36. The standard InChI is InChI=1S/C21H32N2O4S/c1-20(2,3)19-22-17-12-16(28(25,26)21(4,5)14-24)6-7-18(17)23(19)13-15-8-10-27-11-9-15/h6-7,12,15,24H,8-11,13-14H2,1-5H3. The second-order valence-corrected chi connectivity index (χ2v) is 12.0. The quantitative estimate of drug-likeness (QED) is 0.821. The number of hydrogen-bond donors (Lipinski definition) is 1. The summed E-state index contributed by atoms with van der Waals surface area (Å²) >= 11 is 0. The Bertz CT molecular complexity index is 949. The Hall–Kier alpha value is -1.44. The van der Waals surface area contributed by atoms with E-state index in [1.165, 1.54) is 13.8 Å². The number of fused-ring (bicyclic) bond motifs is 1. The summed E-state index contributed by atoms with van der Waals surface area (Å²) < 4.78 is 32.3. The minimum Gasteiger partial charge on any atom is -0.395 e. The van der Waals surface area contributed by atoms with Crippen molar-refractivity contribution in [2.45, 2.75) is 69.1 Å². The van der Waals surface area contributed by atoms with E-state index in [-0.39, 0.29) is 10.3 Å². The minimum absolute atomic E-state index is 0.159. The third-order valence-corrected chi connectivity index (χ3v) is 8.05. The van der Waals surface area contributed by atoms with Crippen molar-refractivity contribution in [3.8, 4) is 0 Å². The molecule has 1 saturated heterocycles. The average Bonchev–Trinajstić information content (AvgIpc) is 3.00. The molecule has 0 saturated carbocycles. The van der Waals surface area contributed by atoms with Crippen LogP contribution >= 0.6 is 0 Å². The first-order valence-electron chi connectivity index (χ1n) is 9.91. The second kappa shape index (κ2) is 7.43. The zero-order valence-corrected chi connectivity index (χ0v) is 18.3. The molecule has 1 aliphatic heterocycles. The van der Waals surface area contributed by atoms with Crippen molar-refractivity contribution in [2.75, 3.05) is 19.8 Å². The van der Waals surface area contributed by atoms with Gasteiger partial charge in [-0.25, -0.2) is 13.4 Å². The van der Waals surface area contributed by atoms with Crippen molar-refractivity contribution in [1.29, 1.82) is 0 Å². The Morgan fingerprint density at radius 1 is 1.18 bits per heavy atom. The summed E-state index contributed by atoms with van der Waals surface area (Å²) in [6.07, 6.45) is 2.06. The number of hydrogen-bond acceptors (Lipinski definition) is 5. The van der Waals surface area contributed by atoms with Crippen LogP contribution in [0.1, 0.15) is 53.3 Å². The number of ether oxygens (including phenoxy) is 1. The molecule has 0 radical (unpaired) electrons. The van der Waals surface area contributed by atoms with Crippen LogP contribution in [0.5, 0.6) is 0 Å². The van der Waals surface area contributed by atoms with Gasteiger partial charge in [0.1, 0.15) is 5.82 Å². The Kier molecular flexibility index (Phi) is 5.64. The van der Waals surface area contributed by atoms with E-state index in [0.29, 0.717) is 11.4 Å². The van der Waals surface area contributed by atoms with Gasteiger partial charge in [-0.15, -0.1) is 0 Å². The lowest BCUT2D eigenvalue weighted by atomic mass is 9.94. The van der Waals surface area contributed by atoms with Crippen LogP contribution in [0.2, 0.25) is 0 Å². The van der Waals surface area contributed by atoms with E-state index in [1.54, 1.807) is 12.1 Å². The predicted molar refractivity (Wildman–Crippen MR) is 110 cm³/mol. The molecule has 156 valence electrons. The monoisotopic (exact) mass is 408 g/mol. The van der Waals surface area contributed by atoms with Crippen LogP contribution in [-0.4, -0.2) is 47.6 Å². The van der Waals surface area contributed by atoms with Crippen LogP contribution in [0.3, 0.4) is 0 Å². The number of aliphatic hydroxyl groups excluding tert-OH is 1. The van der Waals surface area contributed by atoms with Gasteiger partial charge in [0.15, 0.2) is 9.84 Å². The van der Waals surface area contributed by atoms with Gasteiger partial charge in [0.05, 0.1) is 27.3 Å². The molecule has 1 N–H and O–H groups in total. The van der Waals surface area contributed by atoms with Crippen molar-refractivity contribution >= 4 is 20.9 Å². The topological polar surface area (TPSA) is 81.4 Å². The smallest absolute Gasteiger partial charge is 0.185 e. The van der Waals surface area contributed by atoms with E-state index in [0.717, 1.165) is 43.9 Å². The van der Waals surface area contributed by atoms with Crippen molar-refractivity contribution in [1.82, 2.24) is 9.55 Å². The molecule has 0 bridgehead atoms. The molecule has 6 nitrogen and oxygen atoms in total. The fraction of sp³-hybridized carbons (Fsp3) is 0.667. The molecule has 3 rings (SSSR count). The number of nitrogens with zero attached hydrogens (tertiary/aromatic N) is 2. The van der Waals surface area contributed by atoms with Gasteiger partial charge in [-0.3, -0.25) is 0 Å². The maximum atomic E-state index is 12.9. The molecule has 0 aliphatic carbocycles. The molecule has 2 aromatic rings. The van der Waals surface area contributed by atoms with Crippen LogP contribution in [0, 0.1) is 5.92 Å². The van der Waals surface area contributed by atoms with E-state index in [9.17, 15) is 13.5 Å². The largest absolute Gasteiger partial charge is 0.395 e. The number of aromatic nitrogens is 2. The van der Waals surface area contributed by atoms with Crippen molar-refractivity contribution < 1.29 is 18.3 Å². The highest BCUT2D eigenvalue weighted by Crippen LogP contribution is 2.32. The maximum absolute atomic E-state index is 12.9. The first-order chi connectivity index (χ1) is 13.0. The van der Waals surface area contributed by atoms with Gasteiger partial charge >= 0.3 is 0 Å². The molecule has 0 spiro atoms. The van der Waals surface area contributed by atoms with E-state index in [1.807, 2.05) is 6.07 Å². The summed E-state index contributed by atoms with van der Waals surface area (Å²) in [5.41, 5.74) is 1.48.